The van der Waals surface area contributed by atoms with Crippen LogP contribution in [0.5, 0.6) is 0 Å². The summed E-state index contributed by atoms with van der Waals surface area (Å²) in [4.78, 5) is 29.4. The number of halogens is 2. The van der Waals surface area contributed by atoms with Crippen LogP contribution in [0, 0.1) is 0 Å². The Kier molecular flexibility index (Phi) is 5.91. The minimum absolute atomic E-state index is 0.0105. The number of piperazine rings is 1. The zero-order valence-electron chi connectivity index (χ0n) is 15.1. The first-order valence-corrected chi connectivity index (χ1v) is 11.1. The zero-order chi connectivity index (χ0) is 19.7. The summed E-state index contributed by atoms with van der Waals surface area (Å²) in [6.45, 7) is 4.14. The van der Waals surface area contributed by atoms with Crippen molar-refractivity contribution in [3.05, 3.63) is 44.0 Å². The molecule has 2 amide bonds. The highest BCUT2D eigenvalue weighted by Crippen LogP contribution is 2.32. The Labute approximate surface area is 181 Å². The molecule has 2 fully saturated rings. The average molecular weight is 484 g/mol. The second kappa shape index (κ2) is 8.41. The van der Waals surface area contributed by atoms with Crippen LogP contribution in [0.1, 0.15) is 16.1 Å². The topological polar surface area (TPSA) is 64.7 Å². The maximum absolute atomic E-state index is 12.5. The number of hydrogen-bond acceptors (Lipinski definition) is 5. The largest absolute Gasteiger partial charge is 0.368 e. The van der Waals surface area contributed by atoms with E-state index in [0.29, 0.717) is 16.4 Å². The number of anilines is 2. The molecule has 9 heteroatoms. The minimum atomic E-state index is -0.215. The van der Waals surface area contributed by atoms with E-state index in [1.54, 1.807) is 11.0 Å². The van der Waals surface area contributed by atoms with Crippen molar-refractivity contribution < 1.29 is 9.59 Å². The quantitative estimate of drug-likeness (QED) is 0.701. The fourth-order valence-corrected chi connectivity index (χ4v) is 5.16. The van der Waals surface area contributed by atoms with Crippen LogP contribution in [0.2, 0.25) is 5.02 Å². The van der Waals surface area contributed by atoms with E-state index in [1.165, 1.54) is 11.3 Å². The van der Waals surface area contributed by atoms with Gasteiger partial charge in [0.1, 0.15) is 0 Å². The predicted octanol–water partition coefficient (Wildman–Crippen LogP) is 3.11. The Bertz CT molecular complexity index is 900. The highest BCUT2D eigenvalue weighted by Gasteiger charge is 2.32. The highest BCUT2D eigenvalue weighted by molar-refractivity contribution is 9.11. The first-order valence-electron chi connectivity index (χ1n) is 9.13. The summed E-state index contributed by atoms with van der Waals surface area (Å²) < 4.78 is 0.904. The molecule has 0 bridgehead atoms. The summed E-state index contributed by atoms with van der Waals surface area (Å²) in [6.07, 6.45) is 0.287. The molecular weight excluding hydrogens is 464 g/mol. The van der Waals surface area contributed by atoms with Crippen molar-refractivity contribution in [3.8, 4) is 0 Å². The van der Waals surface area contributed by atoms with Gasteiger partial charge in [-0.2, -0.15) is 0 Å². The second-order valence-corrected chi connectivity index (χ2v) is 9.73. The maximum atomic E-state index is 12.5. The van der Waals surface area contributed by atoms with E-state index >= 15 is 0 Å². The van der Waals surface area contributed by atoms with Crippen LogP contribution in [0.4, 0.5) is 11.4 Å². The molecule has 0 radical (unpaired) electrons. The molecule has 2 aliphatic rings. The van der Waals surface area contributed by atoms with Crippen LogP contribution < -0.4 is 20.4 Å². The SMILES string of the molecule is O=C(NC1CC(=O)N(c2ccc(N3CCNCC3)c(Cl)c2)C1)c1ccc(Br)s1. The number of benzene rings is 1. The third-order valence-corrected chi connectivity index (χ3v) is 6.88. The van der Waals surface area contributed by atoms with Crippen molar-refractivity contribution in [1.82, 2.24) is 10.6 Å². The van der Waals surface area contributed by atoms with Crippen LogP contribution in [0.25, 0.3) is 0 Å². The van der Waals surface area contributed by atoms with Gasteiger partial charge in [-0.1, -0.05) is 11.6 Å². The van der Waals surface area contributed by atoms with Crippen LogP contribution >= 0.6 is 38.9 Å². The third-order valence-electron chi connectivity index (χ3n) is 4.96. The van der Waals surface area contributed by atoms with Gasteiger partial charge in [0.15, 0.2) is 0 Å². The zero-order valence-corrected chi connectivity index (χ0v) is 18.2. The normalized spacial score (nSPS) is 19.9. The number of carbonyl (C=O) groups is 2. The molecule has 1 aromatic carbocycles. The fraction of sp³-hybridized carbons (Fsp3) is 0.368. The van der Waals surface area contributed by atoms with Gasteiger partial charge in [-0.15, -0.1) is 11.3 Å². The first-order chi connectivity index (χ1) is 13.5. The van der Waals surface area contributed by atoms with Crippen LogP contribution in [-0.4, -0.2) is 50.6 Å². The van der Waals surface area contributed by atoms with Crippen molar-refractivity contribution in [2.24, 2.45) is 0 Å². The summed E-state index contributed by atoms with van der Waals surface area (Å²) >= 11 is 11.3. The van der Waals surface area contributed by atoms with E-state index < -0.39 is 0 Å². The lowest BCUT2D eigenvalue weighted by molar-refractivity contribution is -0.117. The van der Waals surface area contributed by atoms with Gasteiger partial charge in [-0.05, 0) is 46.3 Å². The van der Waals surface area contributed by atoms with Gasteiger partial charge in [0, 0.05) is 44.8 Å². The molecule has 2 aromatic rings. The molecule has 0 saturated carbocycles. The van der Waals surface area contributed by atoms with E-state index in [9.17, 15) is 9.59 Å². The van der Waals surface area contributed by atoms with E-state index in [4.69, 9.17) is 11.6 Å². The van der Waals surface area contributed by atoms with Crippen LogP contribution in [-0.2, 0) is 4.79 Å². The lowest BCUT2D eigenvalue weighted by Crippen LogP contribution is -2.43. The van der Waals surface area contributed by atoms with Crippen molar-refractivity contribution in [2.75, 3.05) is 42.5 Å². The van der Waals surface area contributed by atoms with Gasteiger partial charge < -0.3 is 20.4 Å². The second-order valence-electron chi connectivity index (χ2n) is 6.86. The summed E-state index contributed by atoms with van der Waals surface area (Å²) in [5.41, 5.74) is 1.76. The maximum Gasteiger partial charge on any atom is 0.261 e. The average Bonchev–Trinajstić information content (AvgIpc) is 3.28. The molecule has 3 heterocycles. The van der Waals surface area contributed by atoms with E-state index in [1.807, 2.05) is 24.3 Å². The van der Waals surface area contributed by atoms with Gasteiger partial charge in [0.05, 0.1) is 25.4 Å². The number of nitrogens with zero attached hydrogens (tertiary/aromatic N) is 2. The van der Waals surface area contributed by atoms with Crippen LogP contribution in [0.3, 0.4) is 0 Å². The lowest BCUT2D eigenvalue weighted by atomic mass is 10.2. The Morgan fingerprint density at radius 3 is 2.71 bits per heavy atom. The standard InChI is InChI=1S/C19H20BrClN4O2S/c20-17-4-3-16(28-17)19(27)23-12-9-18(26)25(11-12)13-1-2-15(14(21)10-13)24-7-5-22-6-8-24/h1-4,10,12,22H,5-9,11H2,(H,23,27). The Morgan fingerprint density at radius 2 is 2.04 bits per heavy atom. The monoisotopic (exact) mass is 482 g/mol. The molecule has 2 saturated heterocycles. The molecule has 1 atom stereocenters. The number of rotatable bonds is 4. The number of thiophene rings is 1. The van der Waals surface area contributed by atoms with Gasteiger partial charge in [-0.3, -0.25) is 9.59 Å². The van der Waals surface area contributed by atoms with Gasteiger partial charge in [0.2, 0.25) is 5.91 Å². The number of carbonyl (C=O) groups excluding carboxylic acids is 2. The molecule has 148 valence electrons. The Morgan fingerprint density at radius 1 is 1.25 bits per heavy atom. The van der Waals surface area contributed by atoms with Crippen LogP contribution in [0.15, 0.2) is 34.1 Å². The van der Waals surface area contributed by atoms with Crippen molar-refractivity contribution in [3.63, 3.8) is 0 Å². The van der Waals surface area contributed by atoms with Crippen molar-refractivity contribution in [1.29, 1.82) is 0 Å². The molecule has 2 aliphatic heterocycles. The van der Waals surface area contributed by atoms with Crippen molar-refractivity contribution >= 4 is 62.1 Å². The summed E-state index contributed by atoms with van der Waals surface area (Å²) in [6, 6.07) is 9.15. The minimum Gasteiger partial charge on any atom is -0.368 e. The molecule has 2 N–H and O–H groups in total. The fourth-order valence-electron chi connectivity index (χ4n) is 3.57. The smallest absolute Gasteiger partial charge is 0.261 e. The van der Waals surface area contributed by atoms with Crippen molar-refractivity contribution in [2.45, 2.75) is 12.5 Å². The van der Waals surface area contributed by atoms with E-state index in [0.717, 1.165) is 41.3 Å². The number of hydrogen-bond donors (Lipinski definition) is 2. The number of nitrogens with one attached hydrogen (secondary N) is 2. The number of amides is 2. The third kappa shape index (κ3) is 4.20. The molecule has 0 spiro atoms. The highest BCUT2D eigenvalue weighted by atomic mass is 79.9. The predicted molar refractivity (Wildman–Crippen MR) is 117 cm³/mol. The van der Waals surface area contributed by atoms with E-state index in [2.05, 4.69) is 31.5 Å². The Balaban J connectivity index is 1.43. The molecule has 1 unspecified atom stereocenters. The first kappa shape index (κ1) is 19.7. The Hall–Kier alpha value is -1.61. The molecule has 1 aromatic heterocycles. The van der Waals surface area contributed by atoms with E-state index in [-0.39, 0.29) is 24.3 Å². The summed E-state index contributed by atoms with van der Waals surface area (Å²) in [7, 11) is 0. The van der Waals surface area contributed by atoms with Gasteiger partial charge in [0.25, 0.3) is 5.91 Å². The molecule has 6 nitrogen and oxygen atoms in total. The molecule has 28 heavy (non-hydrogen) atoms. The lowest BCUT2D eigenvalue weighted by Gasteiger charge is -2.30. The van der Waals surface area contributed by atoms with Gasteiger partial charge in [-0.25, -0.2) is 0 Å². The molecular formula is C19H20BrClN4O2S. The summed E-state index contributed by atoms with van der Waals surface area (Å²) in [5.74, 6) is -0.161. The van der Waals surface area contributed by atoms with Gasteiger partial charge >= 0.3 is 0 Å². The molecule has 4 rings (SSSR count). The summed E-state index contributed by atoms with van der Waals surface area (Å²) in [5, 5.41) is 6.92. The molecule has 0 aliphatic carbocycles.